The van der Waals surface area contributed by atoms with E-state index in [0.717, 1.165) is 0 Å². The Morgan fingerprint density at radius 2 is 1.87 bits per heavy atom. The van der Waals surface area contributed by atoms with Crippen LogP contribution in [0, 0.1) is 11.8 Å². The molecule has 1 aliphatic heterocycles. The van der Waals surface area contributed by atoms with Crippen molar-refractivity contribution in [1.82, 2.24) is 10.2 Å². The van der Waals surface area contributed by atoms with Crippen LogP contribution in [0.15, 0.2) is 0 Å². The van der Waals surface area contributed by atoms with Gasteiger partial charge in [-0.3, -0.25) is 19.3 Å². The molecule has 9 heteroatoms. The van der Waals surface area contributed by atoms with Gasteiger partial charge in [0, 0.05) is 32.4 Å². The fourth-order valence-corrected chi connectivity index (χ4v) is 3.65. The van der Waals surface area contributed by atoms with Crippen LogP contribution in [0.5, 0.6) is 0 Å². The van der Waals surface area contributed by atoms with E-state index in [1.165, 1.54) is 6.92 Å². The Kier molecular flexibility index (Phi) is 10.6. The molecular weight excluding hydrogens is 407 g/mol. The summed E-state index contributed by atoms with van der Waals surface area (Å²) in [5.41, 5.74) is -0.747. The largest absolute Gasteiger partial charge is 0.459 e. The van der Waals surface area contributed by atoms with Crippen molar-refractivity contribution in [2.45, 2.75) is 91.3 Å². The SMILES string of the molecule is CCCC(F)OC(=O)[C@H]1[C@H](C=O)C[C@H](C(=O)OC(C)(C)C)N1CC(CC)CNC(C)=O. The van der Waals surface area contributed by atoms with E-state index >= 15 is 0 Å². The highest BCUT2D eigenvalue weighted by atomic mass is 19.1. The van der Waals surface area contributed by atoms with E-state index in [2.05, 4.69) is 5.32 Å². The number of hydrogen-bond donors (Lipinski definition) is 1. The van der Waals surface area contributed by atoms with Crippen LogP contribution in [0.4, 0.5) is 4.39 Å². The molecule has 1 aliphatic rings. The number of nitrogens with one attached hydrogen (secondary N) is 1. The molecule has 0 radical (unpaired) electrons. The van der Waals surface area contributed by atoms with Gasteiger partial charge < -0.3 is 19.6 Å². The van der Waals surface area contributed by atoms with Crippen molar-refractivity contribution in [3.8, 4) is 0 Å². The van der Waals surface area contributed by atoms with Crippen LogP contribution in [0.25, 0.3) is 0 Å². The Hall–Kier alpha value is -2.03. The molecule has 31 heavy (non-hydrogen) atoms. The van der Waals surface area contributed by atoms with Crippen molar-refractivity contribution >= 4 is 24.1 Å². The number of rotatable bonds is 11. The second-order valence-corrected chi connectivity index (χ2v) is 9.07. The zero-order chi connectivity index (χ0) is 23.8. The molecule has 1 saturated heterocycles. The fourth-order valence-electron chi connectivity index (χ4n) is 3.65. The molecule has 0 aromatic carbocycles. The number of halogens is 1. The second-order valence-electron chi connectivity index (χ2n) is 9.07. The summed E-state index contributed by atoms with van der Waals surface area (Å²) in [6, 6.07) is -1.93. The van der Waals surface area contributed by atoms with E-state index in [-0.39, 0.29) is 31.2 Å². The Morgan fingerprint density at radius 3 is 2.35 bits per heavy atom. The van der Waals surface area contributed by atoms with Gasteiger partial charge in [-0.15, -0.1) is 0 Å². The van der Waals surface area contributed by atoms with Gasteiger partial charge in [0.2, 0.25) is 12.3 Å². The Morgan fingerprint density at radius 1 is 1.23 bits per heavy atom. The summed E-state index contributed by atoms with van der Waals surface area (Å²) >= 11 is 0. The summed E-state index contributed by atoms with van der Waals surface area (Å²) in [5.74, 6) is -2.51. The topological polar surface area (TPSA) is 102 Å². The molecule has 0 spiro atoms. The molecular formula is C22H37FN2O6. The number of likely N-dealkylation sites (tertiary alicyclic amines) is 1. The Labute approximate surface area is 184 Å². The summed E-state index contributed by atoms with van der Waals surface area (Å²) < 4.78 is 24.5. The summed E-state index contributed by atoms with van der Waals surface area (Å²) in [7, 11) is 0. The van der Waals surface area contributed by atoms with Crippen LogP contribution in [0.2, 0.25) is 0 Å². The van der Waals surface area contributed by atoms with Crippen LogP contribution in [-0.4, -0.2) is 66.2 Å². The van der Waals surface area contributed by atoms with E-state index in [1.54, 1.807) is 32.6 Å². The minimum Gasteiger partial charge on any atom is -0.459 e. The molecule has 0 aromatic heterocycles. The molecule has 1 fully saturated rings. The van der Waals surface area contributed by atoms with Gasteiger partial charge in [0.15, 0.2) is 0 Å². The third-order valence-corrected chi connectivity index (χ3v) is 5.20. The van der Waals surface area contributed by atoms with Gasteiger partial charge in [-0.05, 0) is 39.5 Å². The van der Waals surface area contributed by atoms with E-state index in [4.69, 9.17) is 9.47 Å². The average molecular weight is 445 g/mol. The van der Waals surface area contributed by atoms with Crippen LogP contribution in [0.3, 0.4) is 0 Å². The number of hydrogen-bond acceptors (Lipinski definition) is 7. The fraction of sp³-hybridized carbons (Fsp3) is 0.818. The molecule has 2 unspecified atom stereocenters. The number of aldehydes is 1. The van der Waals surface area contributed by atoms with Gasteiger partial charge in [0.25, 0.3) is 0 Å². The molecule has 1 heterocycles. The summed E-state index contributed by atoms with van der Waals surface area (Å²) in [5, 5.41) is 2.74. The normalized spacial score (nSPS) is 23.6. The maximum absolute atomic E-state index is 14.0. The van der Waals surface area contributed by atoms with Crippen molar-refractivity contribution in [3.05, 3.63) is 0 Å². The predicted octanol–water partition coefficient (Wildman–Crippen LogP) is 2.39. The first-order chi connectivity index (χ1) is 14.4. The molecule has 1 amide bonds. The van der Waals surface area contributed by atoms with Crippen molar-refractivity contribution < 1.29 is 33.0 Å². The molecule has 1 N–H and O–H groups in total. The first-order valence-electron chi connectivity index (χ1n) is 11.0. The first-order valence-corrected chi connectivity index (χ1v) is 11.0. The van der Waals surface area contributed by atoms with Crippen molar-refractivity contribution in [2.24, 2.45) is 11.8 Å². The van der Waals surface area contributed by atoms with Crippen LogP contribution in [-0.2, 0) is 28.7 Å². The monoisotopic (exact) mass is 444 g/mol. The number of carbonyl (C=O) groups is 4. The Balaban J connectivity index is 3.18. The van der Waals surface area contributed by atoms with Crippen molar-refractivity contribution in [2.75, 3.05) is 13.1 Å². The molecule has 178 valence electrons. The van der Waals surface area contributed by atoms with Gasteiger partial charge >= 0.3 is 11.9 Å². The molecule has 0 bridgehead atoms. The number of carbonyl (C=O) groups excluding carboxylic acids is 4. The van der Waals surface area contributed by atoms with Crippen LogP contribution in [0.1, 0.15) is 67.2 Å². The second kappa shape index (κ2) is 12.1. The average Bonchev–Trinajstić information content (AvgIpc) is 3.02. The number of nitrogens with zero attached hydrogens (tertiary/aromatic N) is 1. The summed E-state index contributed by atoms with van der Waals surface area (Å²) in [6.07, 6.45) is 0.139. The highest BCUT2D eigenvalue weighted by Gasteiger charge is 2.50. The van der Waals surface area contributed by atoms with Gasteiger partial charge in [-0.25, -0.2) is 4.39 Å². The van der Waals surface area contributed by atoms with Crippen LogP contribution < -0.4 is 5.32 Å². The predicted molar refractivity (Wildman–Crippen MR) is 113 cm³/mol. The smallest absolute Gasteiger partial charge is 0.326 e. The van der Waals surface area contributed by atoms with Crippen molar-refractivity contribution in [3.63, 3.8) is 0 Å². The van der Waals surface area contributed by atoms with E-state index < -0.39 is 41.9 Å². The number of alkyl halides is 1. The Bertz CT molecular complexity index is 636. The lowest BCUT2D eigenvalue weighted by Crippen LogP contribution is -2.51. The van der Waals surface area contributed by atoms with Crippen LogP contribution >= 0.6 is 0 Å². The first kappa shape index (κ1) is 27.0. The number of amides is 1. The standard InChI is InChI=1S/C22H37FN2O6/c1-7-9-18(23)30-21(29)19-16(13-26)10-17(20(28)31-22(4,5)6)25(19)12-15(8-2)11-24-14(3)27/h13,15-19H,7-12H2,1-6H3,(H,24,27)/t15?,16-,17+,18?,19+/m0/s1. The zero-order valence-corrected chi connectivity index (χ0v) is 19.5. The van der Waals surface area contributed by atoms with Crippen molar-refractivity contribution in [1.29, 1.82) is 0 Å². The van der Waals surface area contributed by atoms with Gasteiger partial charge in [0.05, 0.1) is 0 Å². The number of ether oxygens (including phenoxy) is 2. The van der Waals surface area contributed by atoms with E-state index in [1.807, 2.05) is 6.92 Å². The molecule has 0 aliphatic carbocycles. The maximum Gasteiger partial charge on any atom is 0.326 e. The molecule has 1 rings (SSSR count). The van der Waals surface area contributed by atoms with Gasteiger partial charge in [0.1, 0.15) is 24.0 Å². The number of esters is 2. The summed E-state index contributed by atoms with van der Waals surface area (Å²) in [6.45, 7) is 10.9. The molecule has 8 nitrogen and oxygen atoms in total. The molecule has 5 atom stereocenters. The van der Waals surface area contributed by atoms with Gasteiger partial charge in [-0.1, -0.05) is 20.3 Å². The lowest BCUT2D eigenvalue weighted by molar-refractivity contribution is -0.169. The van der Waals surface area contributed by atoms with E-state index in [9.17, 15) is 23.6 Å². The highest BCUT2D eigenvalue weighted by molar-refractivity contribution is 5.85. The lowest BCUT2D eigenvalue weighted by Gasteiger charge is -2.33. The third kappa shape index (κ3) is 8.55. The summed E-state index contributed by atoms with van der Waals surface area (Å²) in [4.78, 5) is 50.4. The minimum absolute atomic E-state index is 0.0554. The zero-order valence-electron chi connectivity index (χ0n) is 19.5. The highest BCUT2D eigenvalue weighted by Crippen LogP contribution is 2.33. The maximum atomic E-state index is 14.0. The lowest BCUT2D eigenvalue weighted by atomic mass is 10.0. The van der Waals surface area contributed by atoms with Gasteiger partial charge in [-0.2, -0.15) is 0 Å². The quantitative estimate of drug-likeness (QED) is 0.386. The van der Waals surface area contributed by atoms with E-state index in [0.29, 0.717) is 25.7 Å². The minimum atomic E-state index is -1.77. The third-order valence-electron chi connectivity index (χ3n) is 5.20. The molecule has 0 aromatic rings. The molecule has 0 saturated carbocycles.